The lowest BCUT2D eigenvalue weighted by atomic mass is 10.1. The molecule has 96 valence electrons. The lowest BCUT2D eigenvalue weighted by Crippen LogP contribution is -2.35. The zero-order valence-corrected chi connectivity index (χ0v) is 11.8. The molecule has 0 saturated carbocycles. The number of halogens is 3. The highest BCUT2D eigenvalue weighted by atomic mass is 35.5. The summed E-state index contributed by atoms with van der Waals surface area (Å²) in [5, 5.41) is 8.00. The molecule has 0 rings (SSSR count). The van der Waals surface area contributed by atoms with Gasteiger partial charge in [0.2, 0.25) is 4.33 Å². The molecule has 5 heteroatoms. The van der Waals surface area contributed by atoms with Crippen molar-refractivity contribution in [2.45, 2.75) is 61.6 Å². The van der Waals surface area contributed by atoms with E-state index in [1.54, 1.807) is 0 Å². The zero-order chi connectivity index (χ0) is 12.6. The van der Waals surface area contributed by atoms with Crippen molar-refractivity contribution in [2.75, 3.05) is 0 Å². The molecule has 0 aromatic heterocycles. The topological polar surface area (TPSA) is 37.3 Å². The first-order valence-corrected chi connectivity index (χ1v) is 6.87. The standard InChI is InChI=1S/C11H19Cl3O2/c1-2-3-4-5-6-7-8-9(12)11(13,14)10(15)16/h9H,2-8H2,1H3,(H,15,16). The van der Waals surface area contributed by atoms with Crippen molar-refractivity contribution in [1.82, 2.24) is 0 Å². The van der Waals surface area contributed by atoms with E-state index >= 15 is 0 Å². The summed E-state index contributed by atoms with van der Waals surface area (Å²) in [5.41, 5.74) is 0. The Kier molecular flexibility index (Phi) is 8.61. The third-order valence-corrected chi connectivity index (χ3v) is 4.11. The maximum Gasteiger partial charge on any atom is 0.341 e. The third-order valence-electron chi connectivity index (χ3n) is 2.49. The third kappa shape index (κ3) is 6.17. The molecule has 0 saturated heterocycles. The first-order valence-electron chi connectivity index (χ1n) is 5.68. The molecule has 16 heavy (non-hydrogen) atoms. The average Bonchev–Trinajstić information content (AvgIpc) is 2.22. The molecule has 0 aliphatic rings. The lowest BCUT2D eigenvalue weighted by molar-refractivity contribution is -0.137. The van der Waals surface area contributed by atoms with Crippen molar-refractivity contribution in [2.24, 2.45) is 0 Å². The first-order chi connectivity index (χ1) is 7.42. The van der Waals surface area contributed by atoms with Gasteiger partial charge in [0, 0.05) is 0 Å². The van der Waals surface area contributed by atoms with Crippen molar-refractivity contribution in [3.8, 4) is 0 Å². The van der Waals surface area contributed by atoms with E-state index in [0.29, 0.717) is 6.42 Å². The fourth-order valence-electron chi connectivity index (χ4n) is 1.42. The summed E-state index contributed by atoms with van der Waals surface area (Å²) in [7, 11) is 0. The van der Waals surface area contributed by atoms with Crippen LogP contribution in [0.4, 0.5) is 0 Å². The molecule has 1 N–H and O–H groups in total. The van der Waals surface area contributed by atoms with Gasteiger partial charge in [0.1, 0.15) is 0 Å². The Morgan fingerprint density at radius 2 is 1.69 bits per heavy atom. The van der Waals surface area contributed by atoms with Gasteiger partial charge in [-0.15, -0.1) is 11.6 Å². The van der Waals surface area contributed by atoms with Gasteiger partial charge in [-0.2, -0.15) is 0 Å². The normalized spacial score (nSPS) is 13.8. The molecule has 0 spiro atoms. The van der Waals surface area contributed by atoms with E-state index in [2.05, 4.69) is 6.92 Å². The summed E-state index contributed by atoms with van der Waals surface area (Å²) >= 11 is 17.1. The zero-order valence-electron chi connectivity index (χ0n) is 9.52. The van der Waals surface area contributed by atoms with Crippen molar-refractivity contribution in [3.05, 3.63) is 0 Å². The van der Waals surface area contributed by atoms with Crippen LogP contribution in [0.2, 0.25) is 0 Å². The fourth-order valence-corrected chi connectivity index (χ4v) is 1.88. The van der Waals surface area contributed by atoms with Crippen LogP contribution in [0, 0.1) is 0 Å². The van der Waals surface area contributed by atoms with Crippen LogP contribution in [0.15, 0.2) is 0 Å². The predicted molar refractivity (Wildman–Crippen MR) is 69.7 cm³/mol. The van der Waals surface area contributed by atoms with Crippen LogP contribution in [-0.4, -0.2) is 20.8 Å². The fraction of sp³-hybridized carbons (Fsp3) is 0.909. The van der Waals surface area contributed by atoms with E-state index < -0.39 is 15.7 Å². The quantitative estimate of drug-likeness (QED) is 0.497. The summed E-state index contributed by atoms with van der Waals surface area (Å²) in [6.45, 7) is 2.16. The largest absolute Gasteiger partial charge is 0.479 e. The van der Waals surface area contributed by atoms with Gasteiger partial charge in [-0.25, -0.2) is 4.79 Å². The van der Waals surface area contributed by atoms with Gasteiger partial charge >= 0.3 is 5.97 Å². The molecule has 1 atom stereocenters. The first kappa shape index (κ1) is 16.3. The number of aliphatic carboxylic acids is 1. The second-order valence-corrected chi connectivity index (χ2v) is 5.86. The minimum atomic E-state index is -1.87. The van der Waals surface area contributed by atoms with Gasteiger partial charge in [0.25, 0.3) is 0 Å². The van der Waals surface area contributed by atoms with Crippen molar-refractivity contribution in [3.63, 3.8) is 0 Å². The summed E-state index contributed by atoms with van der Waals surface area (Å²) in [6.07, 6.45) is 7.28. The Morgan fingerprint density at radius 1 is 1.19 bits per heavy atom. The SMILES string of the molecule is CCCCCCCCC(Cl)C(Cl)(Cl)C(=O)O. The Balaban J connectivity index is 3.65. The molecular weight excluding hydrogens is 270 g/mol. The minimum absolute atomic E-state index is 0.535. The number of unbranched alkanes of at least 4 members (excludes halogenated alkanes) is 5. The second kappa shape index (κ2) is 8.43. The molecule has 0 heterocycles. The monoisotopic (exact) mass is 288 g/mol. The van der Waals surface area contributed by atoms with Gasteiger partial charge in [-0.05, 0) is 6.42 Å². The van der Waals surface area contributed by atoms with Crippen LogP contribution >= 0.6 is 34.8 Å². The number of alkyl halides is 3. The average molecular weight is 290 g/mol. The molecule has 0 radical (unpaired) electrons. The number of hydrogen-bond acceptors (Lipinski definition) is 1. The van der Waals surface area contributed by atoms with Crippen LogP contribution < -0.4 is 0 Å². The summed E-state index contributed by atoms with van der Waals surface area (Å²) < 4.78 is -1.87. The van der Waals surface area contributed by atoms with Crippen LogP contribution in [-0.2, 0) is 4.79 Å². The van der Waals surface area contributed by atoms with E-state index in [0.717, 1.165) is 19.3 Å². The molecule has 0 aromatic carbocycles. The second-order valence-electron chi connectivity index (χ2n) is 3.95. The number of carboxylic acid groups (broad SMARTS) is 1. The van der Waals surface area contributed by atoms with Crippen LogP contribution in [0.3, 0.4) is 0 Å². The van der Waals surface area contributed by atoms with Crippen molar-refractivity contribution < 1.29 is 9.90 Å². The Hall–Kier alpha value is 0.340. The van der Waals surface area contributed by atoms with Crippen LogP contribution in [0.5, 0.6) is 0 Å². The van der Waals surface area contributed by atoms with Gasteiger partial charge in [0.05, 0.1) is 5.38 Å². The number of carbonyl (C=O) groups is 1. The van der Waals surface area contributed by atoms with E-state index in [1.165, 1.54) is 19.3 Å². The molecule has 0 bridgehead atoms. The van der Waals surface area contributed by atoms with Crippen molar-refractivity contribution >= 4 is 40.8 Å². The molecular formula is C11H19Cl3O2. The highest BCUT2D eigenvalue weighted by Crippen LogP contribution is 2.33. The van der Waals surface area contributed by atoms with Crippen LogP contribution in [0.1, 0.15) is 51.9 Å². The maximum atomic E-state index is 10.7. The molecule has 0 aliphatic heterocycles. The van der Waals surface area contributed by atoms with E-state index in [1.807, 2.05) is 0 Å². The van der Waals surface area contributed by atoms with E-state index in [-0.39, 0.29) is 0 Å². The molecule has 2 nitrogen and oxygen atoms in total. The van der Waals surface area contributed by atoms with Gasteiger partial charge in [-0.3, -0.25) is 0 Å². The number of rotatable bonds is 9. The highest BCUT2D eigenvalue weighted by Gasteiger charge is 2.41. The van der Waals surface area contributed by atoms with E-state index in [4.69, 9.17) is 39.9 Å². The maximum absolute atomic E-state index is 10.7. The predicted octanol–water partition coefficient (Wildman–Crippen LogP) is 4.60. The Labute approximate surface area is 112 Å². The molecule has 0 amide bonds. The van der Waals surface area contributed by atoms with E-state index in [9.17, 15) is 4.79 Å². The molecule has 0 aromatic rings. The minimum Gasteiger partial charge on any atom is -0.479 e. The lowest BCUT2D eigenvalue weighted by Gasteiger charge is -2.20. The summed E-state index contributed by atoms with van der Waals surface area (Å²) in [4.78, 5) is 10.7. The molecule has 1 unspecified atom stereocenters. The molecule has 0 fully saturated rings. The smallest absolute Gasteiger partial charge is 0.341 e. The highest BCUT2D eigenvalue weighted by molar-refractivity contribution is 6.60. The van der Waals surface area contributed by atoms with Crippen molar-refractivity contribution in [1.29, 1.82) is 0 Å². The summed E-state index contributed by atoms with van der Waals surface area (Å²) in [5.74, 6) is -1.28. The summed E-state index contributed by atoms with van der Waals surface area (Å²) in [6, 6.07) is 0. The van der Waals surface area contributed by atoms with Gasteiger partial charge in [-0.1, -0.05) is 68.7 Å². The van der Waals surface area contributed by atoms with Gasteiger partial charge in [0.15, 0.2) is 0 Å². The number of hydrogen-bond donors (Lipinski definition) is 1. The Morgan fingerprint density at radius 3 is 2.19 bits per heavy atom. The van der Waals surface area contributed by atoms with Crippen LogP contribution in [0.25, 0.3) is 0 Å². The molecule has 0 aliphatic carbocycles. The Bertz CT molecular complexity index is 207. The number of carboxylic acids is 1. The van der Waals surface area contributed by atoms with Gasteiger partial charge < -0.3 is 5.11 Å².